The van der Waals surface area contributed by atoms with E-state index in [1.165, 1.54) is 12.1 Å². The lowest BCUT2D eigenvalue weighted by Gasteiger charge is -2.12. The van der Waals surface area contributed by atoms with Gasteiger partial charge in [0, 0.05) is 5.69 Å². The number of amides is 1. The third kappa shape index (κ3) is 5.34. The highest BCUT2D eigenvalue weighted by Gasteiger charge is 2.18. The zero-order chi connectivity index (χ0) is 18.8. The Kier molecular flexibility index (Phi) is 5.95. The first-order valence-corrected chi connectivity index (χ1v) is 9.16. The summed E-state index contributed by atoms with van der Waals surface area (Å²) in [5, 5.41) is 4.56. The number of nitrogens with one attached hydrogen (secondary N) is 2. The predicted molar refractivity (Wildman–Crippen MR) is 96.1 cm³/mol. The number of nitrogens with zero attached hydrogens (tertiary/aromatic N) is 3. The van der Waals surface area contributed by atoms with Crippen LogP contribution in [0, 0.1) is 0 Å². The van der Waals surface area contributed by atoms with Gasteiger partial charge in [-0.05, 0) is 57.3 Å². The van der Waals surface area contributed by atoms with Crippen LogP contribution in [0.4, 0.5) is 17.3 Å². The Morgan fingerprint density at radius 3 is 2.32 bits per heavy atom. The molecule has 1 aromatic heterocycles. The lowest BCUT2D eigenvalue weighted by molar-refractivity contribution is -0.112. The van der Waals surface area contributed by atoms with Crippen molar-refractivity contribution in [3.8, 4) is 0 Å². The molecule has 0 saturated heterocycles. The van der Waals surface area contributed by atoms with Gasteiger partial charge >= 0.3 is 0 Å². The molecule has 0 saturated carbocycles. The molecule has 2 rings (SSSR count). The number of benzene rings is 1. The summed E-state index contributed by atoms with van der Waals surface area (Å²) in [4.78, 5) is 22.2. The van der Waals surface area contributed by atoms with E-state index in [-0.39, 0.29) is 32.4 Å². The van der Waals surface area contributed by atoms with Crippen molar-refractivity contribution in [2.75, 3.05) is 10.6 Å². The van der Waals surface area contributed by atoms with E-state index in [1.54, 1.807) is 0 Å². The van der Waals surface area contributed by atoms with Gasteiger partial charge < -0.3 is 10.6 Å². The minimum atomic E-state index is -4.57. The Labute approximate surface area is 160 Å². The van der Waals surface area contributed by atoms with E-state index < -0.39 is 20.9 Å². The molecule has 13 heteroatoms. The Balaban J connectivity index is 2.47. The van der Waals surface area contributed by atoms with Crippen LogP contribution in [-0.2, 0) is 14.9 Å². The summed E-state index contributed by atoms with van der Waals surface area (Å²) in [7, 11) is -4.57. The van der Waals surface area contributed by atoms with Gasteiger partial charge in [-0.2, -0.15) is 23.4 Å². The number of rotatable bonds is 5. The second-order valence-corrected chi connectivity index (χ2v) is 7.39. The third-order valence-corrected chi connectivity index (χ3v) is 4.20. The molecule has 0 unspecified atom stereocenters. The minimum absolute atomic E-state index is 0.0666. The van der Waals surface area contributed by atoms with Crippen molar-refractivity contribution in [3.05, 3.63) is 39.8 Å². The summed E-state index contributed by atoms with van der Waals surface area (Å²) in [6.07, 6.45) is 0. The molecule has 2 aromatic rings. The molecule has 0 radical (unpaired) electrons. The monoisotopic (exact) mass is 467 g/mol. The summed E-state index contributed by atoms with van der Waals surface area (Å²) in [6.45, 7) is 3.41. The average molecular weight is 469 g/mol. The van der Waals surface area contributed by atoms with E-state index in [0.717, 1.165) is 6.07 Å². The molecule has 1 amide bonds. The van der Waals surface area contributed by atoms with Gasteiger partial charge in [-0.3, -0.25) is 9.35 Å². The molecule has 0 aliphatic rings. The van der Waals surface area contributed by atoms with Crippen LogP contribution in [0.3, 0.4) is 0 Å². The van der Waals surface area contributed by atoms with Crippen molar-refractivity contribution in [1.29, 1.82) is 0 Å². The third-order valence-electron chi connectivity index (χ3n) is 2.59. The van der Waals surface area contributed by atoms with Crippen LogP contribution in [-0.4, -0.2) is 33.8 Å². The first-order chi connectivity index (χ1) is 11.6. The van der Waals surface area contributed by atoms with Crippen molar-refractivity contribution < 1.29 is 17.8 Å². The molecule has 25 heavy (non-hydrogen) atoms. The van der Waals surface area contributed by atoms with Crippen LogP contribution < -0.4 is 10.6 Å². The van der Waals surface area contributed by atoms with E-state index in [2.05, 4.69) is 48.1 Å². The molecule has 9 nitrogen and oxygen atoms in total. The highest BCUT2D eigenvalue weighted by atomic mass is 79.9. The Morgan fingerprint density at radius 1 is 1.20 bits per heavy atom. The molecule has 1 heterocycles. The summed E-state index contributed by atoms with van der Waals surface area (Å²) >= 11 is 14.2. The summed E-state index contributed by atoms with van der Waals surface area (Å²) in [5.41, 5.74) is 0.0885. The highest BCUT2D eigenvalue weighted by Crippen LogP contribution is 2.28. The number of hydrogen-bond donors (Lipinski definition) is 3. The molecule has 0 atom stereocenters. The van der Waals surface area contributed by atoms with Gasteiger partial charge in [-0.15, -0.1) is 0 Å². The summed E-state index contributed by atoms with van der Waals surface area (Å²) in [6, 6.07) is 3.59. The molecule has 0 aliphatic carbocycles. The fraction of sp³-hybridized carbons (Fsp3) is 0. The Morgan fingerprint density at radius 2 is 1.80 bits per heavy atom. The van der Waals surface area contributed by atoms with E-state index in [0.29, 0.717) is 0 Å². The minimum Gasteiger partial charge on any atom is -0.323 e. The van der Waals surface area contributed by atoms with E-state index >= 15 is 0 Å². The Hall–Kier alpha value is -1.79. The summed E-state index contributed by atoms with van der Waals surface area (Å²) in [5.74, 6) is -0.708. The van der Waals surface area contributed by atoms with Gasteiger partial charge in [-0.1, -0.05) is 6.58 Å². The fourth-order valence-corrected chi connectivity index (χ4v) is 2.72. The van der Waals surface area contributed by atoms with Gasteiger partial charge in [0.2, 0.25) is 16.5 Å². The van der Waals surface area contributed by atoms with Gasteiger partial charge in [-0.25, -0.2) is 0 Å². The van der Waals surface area contributed by atoms with Crippen molar-refractivity contribution in [3.63, 3.8) is 0 Å². The van der Waals surface area contributed by atoms with Crippen LogP contribution in [0.1, 0.15) is 0 Å². The topological polar surface area (TPSA) is 134 Å². The number of hydrogen-bond acceptors (Lipinski definition) is 7. The molecule has 0 fully saturated rings. The van der Waals surface area contributed by atoms with Gasteiger partial charge in [0.15, 0.2) is 0 Å². The molecule has 1 aromatic carbocycles. The normalized spacial score (nSPS) is 11.0. The highest BCUT2D eigenvalue weighted by molar-refractivity contribution is 9.12. The average Bonchev–Trinajstić information content (AvgIpc) is 2.44. The van der Waals surface area contributed by atoms with Crippen LogP contribution in [0.15, 0.2) is 34.2 Å². The number of carbonyl (C=O) groups is 1. The van der Waals surface area contributed by atoms with Crippen molar-refractivity contribution in [1.82, 2.24) is 15.0 Å². The van der Waals surface area contributed by atoms with Crippen LogP contribution >= 0.6 is 39.1 Å². The van der Waals surface area contributed by atoms with Crippen molar-refractivity contribution in [2.45, 2.75) is 4.90 Å². The Bertz CT molecular complexity index is 950. The van der Waals surface area contributed by atoms with Gasteiger partial charge in [0.1, 0.15) is 4.90 Å². The smallest absolute Gasteiger partial charge is 0.296 e. The predicted octanol–water partition coefficient (Wildman–Crippen LogP) is 3.02. The number of halogens is 3. The molecular weight excluding hydrogens is 461 g/mol. The first-order valence-electron chi connectivity index (χ1n) is 6.17. The second-order valence-electron chi connectivity index (χ2n) is 4.37. The number of carbonyl (C=O) groups excluding carboxylic acids is 1. The van der Waals surface area contributed by atoms with E-state index in [9.17, 15) is 17.8 Å². The van der Waals surface area contributed by atoms with Crippen LogP contribution in [0.25, 0.3) is 0 Å². The fourth-order valence-electron chi connectivity index (χ4n) is 1.63. The lowest BCUT2D eigenvalue weighted by Crippen LogP contribution is -2.12. The van der Waals surface area contributed by atoms with Gasteiger partial charge in [0.05, 0.1) is 10.2 Å². The molecule has 3 N–H and O–H groups in total. The maximum Gasteiger partial charge on any atom is 0.296 e. The number of anilines is 3. The van der Waals surface area contributed by atoms with Crippen molar-refractivity contribution >= 4 is 72.5 Å². The zero-order valence-electron chi connectivity index (χ0n) is 12.0. The maximum absolute atomic E-state index is 11.6. The van der Waals surface area contributed by atoms with Gasteiger partial charge in [0.25, 0.3) is 16.0 Å². The molecule has 0 spiro atoms. The standard InChI is InChI=1S/C12H8BrCl2N5O4S/c1-5(13)9(21)16-6-2-3-8(25(22,23)24)7(4-6)17-12-19-10(14)18-11(15)20-12/h2-4H,1H2,(H,16,21)(H,22,23,24)(H,17,18,19,20). The van der Waals surface area contributed by atoms with Crippen LogP contribution in [0.2, 0.25) is 10.6 Å². The van der Waals surface area contributed by atoms with E-state index in [1.807, 2.05) is 0 Å². The molecule has 0 aliphatic heterocycles. The summed E-state index contributed by atoms with van der Waals surface area (Å²) < 4.78 is 32.4. The molecular formula is C12H8BrCl2N5O4S. The lowest BCUT2D eigenvalue weighted by atomic mass is 10.2. The molecule has 132 valence electrons. The molecule has 0 bridgehead atoms. The first kappa shape index (κ1) is 19.5. The largest absolute Gasteiger partial charge is 0.323 e. The number of aromatic nitrogens is 3. The second kappa shape index (κ2) is 7.62. The van der Waals surface area contributed by atoms with Crippen molar-refractivity contribution in [2.24, 2.45) is 0 Å². The van der Waals surface area contributed by atoms with Crippen LogP contribution in [0.5, 0.6) is 0 Å². The SMILES string of the molecule is C=C(Br)C(=O)Nc1ccc(S(=O)(=O)O)c(Nc2nc(Cl)nc(Cl)n2)c1. The zero-order valence-corrected chi connectivity index (χ0v) is 15.9. The quantitative estimate of drug-likeness (QED) is 0.450. The van der Waals surface area contributed by atoms with E-state index in [4.69, 9.17) is 23.2 Å². The maximum atomic E-state index is 11.6.